The highest BCUT2D eigenvalue weighted by Gasteiger charge is 2.15. The van der Waals surface area contributed by atoms with Crippen LogP contribution in [0.15, 0.2) is 23.1 Å². The normalized spacial score (nSPS) is 12.0. The van der Waals surface area contributed by atoms with Gasteiger partial charge in [-0.05, 0) is 38.7 Å². The Bertz CT molecular complexity index is 671. The number of thioether (sulfide) groups is 1. The molecule has 0 saturated carbocycles. The Morgan fingerprint density at radius 2 is 2.19 bits per heavy atom. The number of nitrogens with one attached hydrogen (secondary N) is 1. The van der Waals surface area contributed by atoms with E-state index in [2.05, 4.69) is 30.2 Å². The Morgan fingerprint density at radius 3 is 2.76 bits per heavy atom. The van der Waals surface area contributed by atoms with Gasteiger partial charge in [-0.2, -0.15) is 5.26 Å². The number of anilines is 1. The van der Waals surface area contributed by atoms with Gasteiger partial charge in [0, 0.05) is 9.77 Å². The second-order valence-electron chi connectivity index (χ2n) is 4.77. The van der Waals surface area contributed by atoms with Crippen LogP contribution in [0.25, 0.3) is 0 Å². The van der Waals surface area contributed by atoms with Gasteiger partial charge in [-0.1, -0.05) is 13.0 Å². The third kappa shape index (κ3) is 3.58. The minimum absolute atomic E-state index is 0.144. The lowest BCUT2D eigenvalue weighted by atomic mass is 10.1. The van der Waals surface area contributed by atoms with Gasteiger partial charge in [0.1, 0.15) is 6.07 Å². The van der Waals surface area contributed by atoms with E-state index in [1.54, 1.807) is 23.1 Å². The first kappa shape index (κ1) is 15.9. The summed E-state index contributed by atoms with van der Waals surface area (Å²) in [6.07, 6.45) is 0. The van der Waals surface area contributed by atoms with E-state index in [1.165, 1.54) is 4.88 Å². The summed E-state index contributed by atoms with van der Waals surface area (Å²) in [5.74, 6) is 0.959. The zero-order valence-corrected chi connectivity index (χ0v) is 14.4. The Hall–Kier alpha value is -1.51. The number of nitrogens with zero attached hydrogens (tertiary/aromatic N) is 2. The topological polar surface area (TPSA) is 48.7 Å². The molecule has 21 heavy (non-hydrogen) atoms. The van der Waals surface area contributed by atoms with Gasteiger partial charge in [0.05, 0.1) is 28.0 Å². The molecule has 1 N–H and O–H groups in total. The highest BCUT2D eigenvalue weighted by Crippen LogP contribution is 2.32. The van der Waals surface area contributed by atoms with Gasteiger partial charge in [-0.25, -0.2) is 4.98 Å². The average Bonchev–Trinajstić information content (AvgIpc) is 2.78. The van der Waals surface area contributed by atoms with Crippen molar-refractivity contribution in [2.24, 2.45) is 0 Å². The van der Waals surface area contributed by atoms with Gasteiger partial charge in [0.25, 0.3) is 0 Å². The molecule has 0 radical (unpaired) electrons. The molecule has 1 heterocycles. The lowest BCUT2D eigenvalue weighted by Gasteiger charge is -2.16. The quantitative estimate of drug-likeness (QED) is 0.795. The van der Waals surface area contributed by atoms with Crippen molar-refractivity contribution in [1.82, 2.24) is 4.98 Å². The van der Waals surface area contributed by atoms with E-state index in [-0.39, 0.29) is 6.04 Å². The fraction of sp³-hybridized carbons (Fsp3) is 0.375. The summed E-state index contributed by atoms with van der Waals surface area (Å²) in [5, 5.41) is 14.0. The van der Waals surface area contributed by atoms with E-state index >= 15 is 0 Å². The minimum Gasteiger partial charge on any atom is -0.377 e. The van der Waals surface area contributed by atoms with Crippen LogP contribution in [0.4, 0.5) is 5.69 Å². The Balaban J connectivity index is 2.29. The smallest absolute Gasteiger partial charge is 0.102 e. The summed E-state index contributed by atoms with van der Waals surface area (Å²) in [6.45, 7) is 8.26. The fourth-order valence-electron chi connectivity index (χ4n) is 2.29. The molecule has 2 rings (SSSR count). The fourth-order valence-corrected chi connectivity index (χ4v) is 4.01. The van der Waals surface area contributed by atoms with Crippen LogP contribution >= 0.6 is 23.1 Å². The summed E-state index contributed by atoms with van der Waals surface area (Å²) in [5.41, 5.74) is 2.69. The standard InChI is InChI=1S/C16H19N3S2/c1-5-20-15-8-6-7-14(13(15)9-17)19-11(3)16-10(2)18-12(4)21-16/h6-8,11,19H,5H2,1-4H3. The SMILES string of the molecule is CCSc1cccc(NC(C)c2sc(C)nc2C)c1C#N. The molecule has 3 nitrogen and oxygen atoms in total. The van der Waals surface area contributed by atoms with Gasteiger partial charge in [-0.15, -0.1) is 23.1 Å². The summed E-state index contributed by atoms with van der Waals surface area (Å²) >= 11 is 3.41. The number of thiazole rings is 1. The van der Waals surface area contributed by atoms with E-state index < -0.39 is 0 Å². The maximum atomic E-state index is 9.45. The van der Waals surface area contributed by atoms with Gasteiger partial charge < -0.3 is 5.32 Å². The monoisotopic (exact) mass is 317 g/mol. The Kier molecular flexibility index (Phi) is 5.27. The van der Waals surface area contributed by atoms with Crippen LogP contribution in [0.2, 0.25) is 0 Å². The first-order chi connectivity index (χ1) is 10.1. The van der Waals surface area contributed by atoms with Crippen molar-refractivity contribution < 1.29 is 0 Å². The third-order valence-corrected chi connectivity index (χ3v) is 5.34. The van der Waals surface area contributed by atoms with E-state index in [4.69, 9.17) is 0 Å². The molecule has 0 saturated heterocycles. The predicted octanol–water partition coefficient (Wildman–Crippen LogP) is 4.92. The van der Waals surface area contributed by atoms with Crippen molar-refractivity contribution in [2.45, 2.75) is 38.6 Å². The van der Waals surface area contributed by atoms with E-state index in [0.29, 0.717) is 0 Å². The maximum absolute atomic E-state index is 9.45. The number of hydrogen-bond donors (Lipinski definition) is 1. The van der Waals surface area contributed by atoms with Crippen LogP contribution in [-0.2, 0) is 0 Å². The predicted molar refractivity (Wildman–Crippen MR) is 91.2 cm³/mol. The Morgan fingerprint density at radius 1 is 1.43 bits per heavy atom. The minimum atomic E-state index is 0.144. The molecular weight excluding hydrogens is 298 g/mol. The van der Waals surface area contributed by atoms with Crippen LogP contribution in [-0.4, -0.2) is 10.7 Å². The largest absolute Gasteiger partial charge is 0.377 e. The average molecular weight is 317 g/mol. The first-order valence-electron chi connectivity index (χ1n) is 6.93. The van der Waals surface area contributed by atoms with Crippen molar-refractivity contribution in [3.05, 3.63) is 39.3 Å². The van der Waals surface area contributed by atoms with Gasteiger partial charge in [-0.3, -0.25) is 0 Å². The second kappa shape index (κ2) is 6.97. The maximum Gasteiger partial charge on any atom is 0.102 e. The zero-order valence-electron chi connectivity index (χ0n) is 12.7. The number of benzene rings is 1. The molecule has 0 fully saturated rings. The molecule has 1 aromatic carbocycles. The molecule has 0 spiro atoms. The number of nitriles is 1. The molecule has 1 unspecified atom stereocenters. The van der Waals surface area contributed by atoms with Crippen molar-refractivity contribution in [3.8, 4) is 6.07 Å². The molecular formula is C16H19N3S2. The summed E-state index contributed by atoms with van der Waals surface area (Å²) in [6, 6.07) is 8.45. The van der Waals surface area contributed by atoms with Crippen LogP contribution in [0.1, 0.15) is 41.0 Å². The molecule has 0 bridgehead atoms. The van der Waals surface area contributed by atoms with Crippen molar-refractivity contribution in [1.29, 1.82) is 5.26 Å². The highest BCUT2D eigenvalue weighted by atomic mass is 32.2. The molecule has 2 aromatic rings. The summed E-state index contributed by atoms with van der Waals surface area (Å²) in [7, 11) is 0. The van der Waals surface area contributed by atoms with Crippen molar-refractivity contribution in [3.63, 3.8) is 0 Å². The lowest BCUT2D eigenvalue weighted by molar-refractivity contribution is 0.888. The third-order valence-electron chi connectivity index (χ3n) is 3.14. The lowest BCUT2D eigenvalue weighted by Crippen LogP contribution is -2.08. The molecule has 0 amide bonds. The van der Waals surface area contributed by atoms with E-state index in [9.17, 15) is 5.26 Å². The van der Waals surface area contributed by atoms with Crippen LogP contribution < -0.4 is 5.32 Å². The number of rotatable bonds is 5. The second-order valence-corrected chi connectivity index (χ2v) is 7.31. The first-order valence-corrected chi connectivity index (χ1v) is 8.73. The zero-order chi connectivity index (χ0) is 15.4. The molecule has 0 aliphatic heterocycles. The molecule has 5 heteroatoms. The summed E-state index contributed by atoms with van der Waals surface area (Å²) in [4.78, 5) is 6.74. The molecule has 0 aliphatic rings. The number of hydrogen-bond acceptors (Lipinski definition) is 5. The van der Waals surface area contributed by atoms with E-state index in [0.717, 1.165) is 32.6 Å². The highest BCUT2D eigenvalue weighted by molar-refractivity contribution is 7.99. The molecule has 1 aromatic heterocycles. The summed E-state index contributed by atoms with van der Waals surface area (Å²) < 4.78 is 0. The van der Waals surface area contributed by atoms with Gasteiger partial charge in [0.2, 0.25) is 0 Å². The molecule has 0 aliphatic carbocycles. The molecule has 1 atom stereocenters. The number of aromatic nitrogens is 1. The van der Waals surface area contributed by atoms with Crippen LogP contribution in [0, 0.1) is 25.2 Å². The molecule has 110 valence electrons. The number of aryl methyl sites for hydroxylation is 2. The van der Waals surface area contributed by atoms with Crippen molar-refractivity contribution >= 4 is 28.8 Å². The van der Waals surface area contributed by atoms with Crippen LogP contribution in [0.3, 0.4) is 0 Å². The van der Waals surface area contributed by atoms with Crippen molar-refractivity contribution in [2.75, 3.05) is 11.1 Å². The Labute approximate surface area is 134 Å². The van der Waals surface area contributed by atoms with Gasteiger partial charge >= 0.3 is 0 Å². The van der Waals surface area contributed by atoms with Gasteiger partial charge in [0.15, 0.2) is 0 Å². The van der Waals surface area contributed by atoms with Crippen LogP contribution in [0.5, 0.6) is 0 Å². The van der Waals surface area contributed by atoms with E-state index in [1.807, 2.05) is 32.0 Å².